The van der Waals surface area contributed by atoms with Gasteiger partial charge in [0.1, 0.15) is 6.04 Å². The topological polar surface area (TPSA) is 58.2 Å². The third-order valence-corrected chi connectivity index (χ3v) is 3.51. The molecule has 0 unspecified atom stereocenters. The summed E-state index contributed by atoms with van der Waals surface area (Å²) in [5.74, 6) is -0.135. The van der Waals surface area contributed by atoms with E-state index in [1.165, 1.54) is 0 Å². The lowest BCUT2D eigenvalue weighted by Gasteiger charge is -2.29. The van der Waals surface area contributed by atoms with E-state index in [2.05, 4.69) is 10.6 Å². The molecule has 1 aliphatic carbocycles. The van der Waals surface area contributed by atoms with Gasteiger partial charge in [0.15, 0.2) is 0 Å². The van der Waals surface area contributed by atoms with Crippen LogP contribution in [0.1, 0.15) is 25.7 Å². The Labute approximate surface area is 87.4 Å². The second kappa shape index (κ2) is 3.77. The highest BCUT2D eigenvalue weighted by molar-refractivity contribution is 6.21. The number of alkyl halides is 1. The smallest absolute Gasteiger partial charge is 0.322 e. The Kier molecular flexibility index (Phi) is 2.63. The molecular formula is C9H13ClN2O2. The largest absolute Gasteiger partial charge is 0.326 e. The van der Waals surface area contributed by atoms with Crippen molar-refractivity contribution < 1.29 is 9.59 Å². The van der Waals surface area contributed by atoms with Crippen molar-refractivity contribution in [2.45, 2.75) is 37.1 Å². The molecule has 1 heterocycles. The van der Waals surface area contributed by atoms with Crippen LogP contribution in [0.2, 0.25) is 0 Å². The molecule has 3 amide bonds. The van der Waals surface area contributed by atoms with Crippen LogP contribution >= 0.6 is 11.6 Å². The number of hydrogen-bond acceptors (Lipinski definition) is 2. The number of carbonyl (C=O) groups is 2. The van der Waals surface area contributed by atoms with E-state index in [4.69, 9.17) is 11.6 Å². The Hall–Kier alpha value is -0.770. The van der Waals surface area contributed by atoms with Crippen LogP contribution in [0.15, 0.2) is 0 Å². The zero-order chi connectivity index (χ0) is 10.1. The van der Waals surface area contributed by atoms with E-state index < -0.39 is 12.1 Å². The molecule has 1 aliphatic heterocycles. The molecule has 0 radical (unpaired) electrons. The van der Waals surface area contributed by atoms with E-state index in [1.807, 2.05) is 0 Å². The Morgan fingerprint density at radius 1 is 1.21 bits per heavy atom. The normalized spacial score (nSPS) is 37.9. The summed E-state index contributed by atoms with van der Waals surface area (Å²) in [7, 11) is 0. The summed E-state index contributed by atoms with van der Waals surface area (Å²) < 4.78 is 0. The zero-order valence-electron chi connectivity index (χ0n) is 7.75. The molecule has 78 valence electrons. The van der Waals surface area contributed by atoms with Crippen molar-refractivity contribution in [1.82, 2.24) is 10.6 Å². The molecule has 1 saturated heterocycles. The molecule has 2 N–H and O–H groups in total. The fraction of sp³-hybridized carbons (Fsp3) is 0.778. The number of urea groups is 1. The van der Waals surface area contributed by atoms with Gasteiger partial charge in [-0.1, -0.05) is 12.8 Å². The van der Waals surface area contributed by atoms with Gasteiger partial charge in [-0.2, -0.15) is 0 Å². The maximum absolute atomic E-state index is 11.4. The van der Waals surface area contributed by atoms with Crippen molar-refractivity contribution in [1.29, 1.82) is 0 Å². The number of imide groups is 1. The molecule has 0 bridgehead atoms. The van der Waals surface area contributed by atoms with Crippen molar-refractivity contribution in [2.75, 3.05) is 0 Å². The minimum Gasteiger partial charge on any atom is -0.326 e. The van der Waals surface area contributed by atoms with Crippen LogP contribution in [0.25, 0.3) is 0 Å². The number of rotatable bonds is 1. The molecule has 0 aromatic carbocycles. The van der Waals surface area contributed by atoms with Crippen LogP contribution < -0.4 is 10.6 Å². The van der Waals surface area contributed by atoms with E-state index in [0.717, 1.165) is 25.7 Å². The molecule has 0 aromatic heterocycles. The second-order valence-corrected chi connectivity index (χ2v) is 4.47. The number of nitrogens with one attached hydrogen (secondary N) is 2. The Bertz CT molecular complexity index is 270. The molecule has 2 aliphatic rings. The van der Waals surface area contributed by atoms with Gasteiger partial charge < -0.3 is 5.32 Å². The first-order chi connectivity index (χ1) is 6.68. The van der Waals surface area contributed by atoms with Gasteiger partial charge in [0.05, 0.1) is 0 Å². The van der Waals surface area contributed by atoms with Gasteiger partial charge >= 0.3 is 6.03 Å². The first-order valence-electron chi connectivity index (χ1n) is 4.94. The van der Waals surface area contributed by atoms with Crippen LogP contribution in [-0.4, -0.2) is 23.4 Å². The molecule has 2 rings (SSSR count). The highest BCUT2D eigenvalue weighted by Gasteiger charge is 2.40. The van der Waals surface area contributed by atoms with E-state index in [9.17, 15) is 9.59 Å². The van der Waals surface area contributed by atoms with Crippen LogP contribution in [0.4, 0.5) is 4.79 Å². The molecular weight excluding hydrogens is 204 g/mol. The number of amides is 3. The summed E-state index contributed by atoms with van der Waals surface area (Å²) in [5, 5.41) is 4.87. The third kappa shape index (κ3) is 1.71. The molecule has 4 nitrogen and oxygen atoms in total. The van der Waals surface area contributed by atoms with Crippen molar-refractivity contribution >= 4 is 23.5 Å². The first-order valence-corrected chi connectivity index (χ1v) is 5.37. The zero-order valence-corrected chi connectivity index (χ0v) is 8.51. The standard InChI is InChI=1S/C9H13ClN2O2/c10-6-4-2-1-3-5(6)7-8(13)12-9(14)11-7/h5-7H,1-4H2,(H2,11,12,13,14)/t5-,6-,7+/m1/s1. The molecule has 5 heteroatoms. The van der Waals surface area contributed by atoms with Crippen molar-refractivity contribution in [3.05, 3.63) is 0 Å². The molecule has 0 spiro atoms. The lowest BCUT2D eigenvalue weighted by Crippen LogP contribution is -2.42. The summed E-state index contributed by atoms with van der Waals surface area (Å²) in [5.41, 5.74) is 0. The van der Waals surface area contributed by atoms with Crippen molar-refractivity contribution in [2.24, 2.45) is 5.92 Å². The molecule has 2 fully saturated rings. The summed E-state index contributed by atoms with van der Waals surface area (Å²) >= 11 is 6.14. The minimum atomic E-state index is -0.412. The van der Waals surface area contributed by atoms with Crippen LogP contribution in [0.3, 0.4) is 0 Å². The lowest BCUT2D eigenvalue weighted by atomic mass is 9.83. The van der Waals surface area contributed by atoms with Crippen LogP contribution in [0.5, 0.6) is 0 Å². The van der Waals surface area contributed by atoms with Gasteiger partial charge in [-0.15, -0.1) is 11.6 Å². The van der Waals surface area contributed by atoms with E-state index >= 15 is 0 Å². The summed E-state index contributed by atoms with van der Waals surface area (Å²) in [4.78, 5) is 22.3. The highest BCUT2D eigenvalue weighted by atomic mass is 35.5. The van der Waals surface area contributed by atoms with Gasteiger partial charge in [-0.3, -0.25) is 10.1 Å². The maximum atomic E-state index is 11.4. The summed E-state index contributed by atoms with van der Waals surface area (Å²) in [6.45, 7) is 0. The number of carbonyl (C=O) groups excluding carboxylic acids is 2. The quantitative estimate of drug-likeness (QED) is 0.507. The number of halogens is 1. The summed E-state index contributed by atoms with van der Waals surface area (Å²) in [6.07, 6.45) is 4.07. The average Bonchev–Trinajstić information content (AvgIpc) is 2.46. The van der Waals surface area contributed by atoms with E-state index in [1.54, 1.807) is 0 Å². The van der Waals surface area contributed by atoms with Gasteiger partial charge in [-0.25, -0.2) is 4.79 Å². The lowest BCUT2D eigenvalue weighted by molar-refractivity contribution is -0.121. The predicted octanol–water partition coefficient (Wildman–Crippen LogP) is 0.992. The van der Waals surface area contributed by atoms with Gasteiger partial charge in [-0.05, 0) is 12.8 Å². The van der Waals surface area contributed by atoms with Gasteiger partial charge in [0, 0.05) is 11.3 Å². The Morgan fingerprint density at radius 2 is 1.93 bits per heavy atom. The fourth-order valence-electron chi connectivity index (χ4n) is 2.22. The highest BCUT2D eigenvalue weighted by Crippen LogP contribution is 2.31. The number of hydrogen-bond donors (Lipinski definition) is 2. The van der Waals surface area contributed by atoms with Gasteiger partial charge in [0.25, 0.3) is 5.91 Å². The monoisotopic (exact) mass is 216 g/mol. The molecule has 14 heavy (non-hydrogen) atoms. The SMILES string of the molecule is O=C1NC(=O)[C@H]([C@@H]2CCCC[C@H]2Cl)N1. The van der Waals surface area contributed by atoms with E-state index in [0.29, 0.717) is 0 Å². The third-order valence-electron chi connectivity index (χ3n) is 2.97. The molecule has 3 atom stereocenters. The van der Waals surface area contributed by atoms with Crippen molar-refractivity contribution in [3.63, 3.8) is 0 Å². The first kappa shape index (κ1) is 9.77. The Morgan fingerprint density at radius 3 is 2.50 bits per heavy atom. The van der Waals surface area contributed by atoms with Crippen molar-refractivity contribution in [3.8, 4) is 0 Å². The second-order valence-electron chi connectivity index (χ2n) is 3.90. The Balaban J connectivity index is 2.06. The van der Waals surface area contributed by atoms with Gasteiger partial charge in [0.2, 0.25) is 0 Å². The minimum absolute atomic E-state index is 0.0119. The maximum Gasteiger partial charge on any atom is 0.322 e. The molecule has 0 aromatic rings. The van der Waals surface area contributed by atoms with E-state index in [-0.39, 0.29) is 17.2 Å². The molecule has 1 saturated carbocycles. The summed E-state index contributed by atoms with van der Waals surface area (Å²) in [6, 6.07) is -0.806. The fourth-order valence-corrected chi connectivity index (χ4v) is 2.65. The van der Waals surface area contributed by atoms with Crippen LogP contribution in [0, 0.1) is 5.92 Å². The predicted molar refractivity (Wildman–Crippen MR) is 52.1 cm³/mol. The van der Waals surface area contributed by atoms with Crippen LogP contribution in [-0.2, 0) is 4.79 Å². The average molecular weight is 217 g/mol.